The van der Waals surface area contributed by atoms with E-state index in [1.807, 2.05) is 18.2 Å². The third-order valence-electron chi connectivity index (χ3n) is 3.29. The van der Waals surface area contributed by atoms with Gasteiger partial charge in [0.2, 0.25) is 11.5 Å². The molecule has 0 spiro atoms. The molecule has 1 aliphatic heterocycles. The molecule has 3 rings (SSSR count). The Morgan fingerprint density at radius 3 is 2.64 bits per heavy atom. The van der Waals surface area contributed by atoms with E-state index in [2.05, 4.69) is 0 Å². The molecule has 0 N–H and O–H groups in total. The van der Waals surface area contributed by atoms with Crippen LogP contribution < -0.4 is 4.74 Å². The zero-order valence-electron chi connectivity index (χ0n) is 11.6. The summed E-state index contributed by atoms with van der Waals surface area (Å²) < 4.78 is 5.15. The fourth-order valence-electron chi connectivity index (χ4n) is 2.30. The SMILES string of the molecule is COc1c(/C=C2\Sc3ccccc3C2=O)cccc1[N+](=O)[O-]. The highest BCUT2D eigenvalue weighted by Gasteiger charge is 2.26. The highest BCUT2D eigenvalue weighted by Crippen LogP contribution is 2.42. The van der Waals surface area contributed by atoms with Crippen molar-refractivity contribution in [1.29, 1.82) is 0 Å². The molecular weight excluding hydrogens is 302 g/mol. The van der Waals surface area contributed by atoms with Gasteiger partial charge in [0, 0.05) is 22.1 Å². The molecule has 1 aliphatic rings. The minimum atomic E-state index is -0.501. The molecule has 6 heteroatoms. The summed E-state index contributed by atoms with van der Waals surface area (Å²) in [5.41, 5.74) is 1.05. The van der Waals surface area contributed by atoms with Crippen molar-refractivity contribution in [1.82, 2.24) is 0 Å². The Morgan fingerprint density at radius 1 is 1.18 bits per heavy atom. The molecule has 2 aromatic rings. The lowest BCUT2D eigenvalue weighted by Crippen LogP contribution is -1.97. The maximum absolute atomic E-state index is 12.4. The number of nitro groups is 1. The number of benzene rings is 2. The van der Waals surface area contributed by atoms with Crippen molar-refractivity contribution in [2.75, 3.05) is 7.11 Å². The van der Waals surface area contributed by atoms with Crippen LogP contribution in [0.15, 0.2) is 52.3 Å². The summed E-state index contributed by atoms with van der Waals surface area (Å²) in [5.74, 6) is 0.0820. The molecule has 5 nitrogen and oxygen atoms in total. The molecule has 1 heterocycles. The van der Waals surface area contributed by atoms with Crippen LogP contribution in [-0.4, -0.2) is 17.8 Å². The second-order valence-electron chi connectivity index (χ2n) is 4.59. The topological polar surface area (TPSA) is 69.4 Å². The largest absolute Gasteiger partial charge is 0.490 e. The number of methoxy groups -OCH3 is 1. The van der Waals surface area contributed by atoms with Gasteiger partial charge in [0.25, 0.3) is 0 Å². The van der Waals surface area contributed by atoms with E-state index in [9.17, 15) is 14.9 Å². The van der Waals surface area contributed by atoms with Gasteiger partial charge in [0.15, 0.2) is 0 Å². The Kier molecular flexibility index (Phi) is 3.68. The molecule has 22 heavy (non-hydrogen) atoms. The summed E-state index contributed by atoms with van der Waals surface area (Å²) in [6.45, 7) is 0. The smallest absolute Gasteiger partial charge is 0.311 e. The number of carbonyl (C=O) groups excluding carboxylic acids is 1. The normalized spacial score (nSPS) is 15.0. The van der Waals surface area contributed by atoms with Crippen molar-refractivity contribution in [3.63, 3.8) is 0 Å². The van der Waals surface area contributed by atoms with Crippen molar-refractivity contribution in [3.05, 3.63) is 68.6 Å². The maximum atomic E-state index is 12.4. The Morgan fingerprint density at radius 2 is 1.95 bits per heavy atom. The number of rotatable bonds is 3. The summed E-state index contributed by atoms with van der Waals surface area (Å²) in [4.78, 5) is 24.3. The standard InChI is InChI=1S/C16H11NO4S/c1-21-16-10(5-4-7-12(16)17(19)20)9-14-15(18)11-6-2-3-8-13(11)22-14/h2-9H,1H3/b14-9-. The molecular formula is C16H11NO4S. The molecule has 0 saturated carbocycles. The molecule has 0 radical (unpaired) electrons. The van der Waals surface area contributed by atoms with Gasteiger partial charge < -0.3 is 4.74 Å². The van der Waals surface area contributed by atoms with Crippen molar-refractivity contribution in [2.45, 2.75) is 4.90 Å². The molecule has 0 amide bonds. The van der Waals surface area contributed by atoms with Crippen molar-refractivity contribution < 1.29 is 14.5 Å². The number of allylic oxidation sites excluding steroid dienone is 1. The van der Waals surface area contributed by atoms with Crippen molar-refractivity contribution >= 4 is 29.3 Å². The number of thioether (sulfide) groups is 1. The van der Waals surface area contributed by atoms with Crippen LogP contribution in [0.5, 0.6) is 5.75 Å². The monoisotopic (exact) mass is 313 g/mol. The molecule has 0 saturated heterocycles. The summed E-state index contributed by atoms with van der Waals surface area (Å²) in [6.07, 6.45) is 1.64. The zero-order chi connectivity index (χ0) is 15.7. The van der Waals surface area contributed by atoms with E-state index in [1.165, 1.54) is 24.9 Å². The number of nitro benzene ring substituents is 1. The van der Waals surface area contributed by atoms with E-state index in [1.54, 1.807) is 24.3 Å². The third-order valence-corrected chi connectivity index (χ3v) is 4.39. The second-order valence-corrected chi connectivity index (χ2v) is 5.68. The quantitative estimate of drug-likeness (QED) is 0.488. The molecule has 2 aromatic carbocycles. The molecule has 0 unspecified atom stereocenters. The van der Waals surface area contributed by atoms with E-state index >= 15 is 0 Å². The highest BCUT2D eigenvalue weighted by molar-refractivity contribution is 8.04. The van der Waals surface area contributed by atoms with Crippen LogP contribution in [0, 0.1) is 10.1 Å². The van der Waals surface area contributed by atoms with Crippen molar-refractivity contribution in [3.8, 4) is 5.75 Å². The first-order chi connectivity index (χ1) is 10.6. The molecule has 0 atom stereocenters. The molecule has 0 aliphatic carbocycles. The number of fused-ring (bicyclic) bond motifs is 1. The van der Waals surface area contributed by atoms with Crippen LogP contribution in [0.25, 0.3) is 6.08 Å². The number of hydrogen-bond acceptors (Lipinski definition) is 5. The van der Waals surface area contributed by atoms with Gasteiger partial charge in [-0.2, -0.15) is 0 Å². The van der Waals surface area contributed by atoms with Crippen molar-refractivity contribution in [2.24, 2.45) is 0 Å². The third kappa shape index (κ3) is 2.37. The van der Waals surface area contributed by atoms with Gasteiger partial charge in [-0.15, -0.1) is 0 Å². The first kappa shape index (κ1) is 14.3. The van der Waals surface area contributed by atoms with Crippen LogP contribution in [0.3, 0.4) is 0 Å². The fraction of sp³-hybridized carbons (Fsp3) is 0.0625. The summed E-state index contributed by atoms with van der Waals surface area (Å²) in [6, 6.07) is 12.0. The van der Waals surface area contributed by atoms with E-state index < -0.39 is 4.92 Å². The number of carbonyl (C=O) groups is 1. The van der Waals surface area contributed by atoms with Gasteiger partial charge >= 0.3 is 5.69 Å². The van der Waals surface area contributed by atoms with Crippen LogP contribution in [0.4, 0.5) is 5.69 Å². The average molecular weight is 313 g/mol. The van der Waals surface area contributed by atoms with E-state index in [-0.39, 0.29) is 17.2 Å². The minimum Gasteiger partial charge on any atom is -0.490 e. The highest BCUT2D eigenvalue weighted by atomic mass is 32.2. The maximum Gasteiger partial charge on any atom is 0.311 e. The summed E-state index contributed by atoms with van der Waals surface area (Å²) in [5, 5.41) is 11.0. The average Bonchev–Trinajstić information content (AvgIpc) is 2.83. The minimum absolute atomic E-state index is 0.0749. The van der Waals surface area contributed by atoms with Gasteiger partial charge in [-0.05, 0) is 18.2 Å². The van der Waals surface area contributed by atoms with Crippen LogP contribution in [0.2, 0.25) is 0 Å². The predicted octanol–water partition coefficient (Wildman–Crippen LogP) is 3.93. The number of para-hydroxylation sites is 1. The zero-order valence-corrected chi connectivity index (χ0v) is 12.4. The van der Waals surface area contributed by atoms with E-state index in [0.717, 1.165) is 4.90 Å². The van der Waals surface area contributed by atoms with E-state index in [0.29, 0.717) is 16.0 Å². The number of ether oxygens (including phenoxy) is 1. The number of hydrogen-bond donors (Lipinski definition) is 0. The lowest BCUT2D eigenvalue weighted by Gasteiger charge is -2.05. The molecule has 0 fully saturated rings. The Bertz CT molecular complexity index is 814. The lowest BCUT2D eigenvalue weighted by molar-refractivity contribution is -0.385. The Balaban J connectivity index is 2.06. The van der Waals surface area contributed by atoms with Gasteiger partial charge in [-0.1, -0.05) is 36.0 Å². The summed E-state index contributed by atoms with van der Waals surface area (Å²) >= 11 is 1.36. The van der Waals surface area contributed by atoms with Gasteiger partial charge in [-0.25, -0.2) is 0 Å². The lowest BCUT2D eigenvalue weighted by atomic mass is 10.1. The first-order valence-corrected chi connectivity index (χ1v) is 7.28. The van der Waals surface area contributed by atoms with Crippen LogP contribution in [-0.2, 0) is 0 Å². The molecule has 110 valence electrons. The predicted molar refractivity (Wildman–Crippen MR) is 84.3 cm³/mol. The Labute approximate surface area is 130 Å². The van der Waals surface area contributed by atoms with Gasteiger partial charge in [0.1, 0.15) is 0 Å². The van der Waals surface area contributed by atoms with Gasteiger partial charge in [0.05, 0.1) is 16.9 Å². The second kappa shape index (κ2) is 5.65. The summed E-state index contributed by atoms with van der Waals surface area (Å²) in [7, 11) is 1.38. The van der Waals surface area contributed by atoms with Crippen LogP contribution in [0.1, 0.15) is 15.9 Å². The fourth-order valence-corrected chi connectivity index (χ4v) is 3.34. The number of Topliss-reactive ketones (excluding diaryl/α,β-unsaturated/α-hetero) is 1. The molecule has 0 bridgehead atoms. The van der Waals surface area contributed by atoms with E-state index in [4.69, 9.17) is 4.74 Å². The van der Waals surface area contributed by atoms with Gasteiger partial charge in [-0.3, -0.25) is 14.9 Å². The number of nitrogens with zero attached hydrogens (tertiary/aromatic N) is 1. The first-order valence-electron chi connectivity index (χ1n) is 6.46. The molecule has 0 aromatic heterocycles. The Hall–Kier alpha value is -2.60. The van der Waals surface area contributed by atoms with Crippen LogP contribution >= 0.6 is 11.8 Å². The number of ketones is 1.